The molecule has 0 aromatic heterocycles. The summed E-state index contributed by atoms with van der Waals surface area (Å²) in [6.45, 7) is 17.3. The van der Waals surface area contributed by atoms with Crippen LogP contribution in [-0.2, 0) is 0 Å². The van der Waals surface area contributed by atoms with E-state index >= 15 is 0 Å². The molecular weight excluding hydrogens is 397 g/mol. The lowest BCUT2D eigenvalue weighted by Gasteiger charge is -2.39. The first-order valence-corrected chi connectivity index (χ1v) is 14.5. The molecule has 31 heavy (non-hydrogen) atoms. The quantitative estimate of drug-likeness (QED) is 0.247. The van der Waals surface area contributed by atoms with Crippen molar-refractivity contribution >= 4 is 22.3 Å². The number of unbranched alkanes of at least 4 members (excludes halogenated alkanes) is 5. The smallest absolute Gasteiger partial charge is 0.211 e. The van der Waals surface area contributed by atoms with Crippen molar-refractivity contribution in [2.24, 2.45) is 0 Å². The number of aromatic carboxylic acids is 1. The second-order valence-corrected chi connectivity index (χ2v) is 9.66. The number of carboxylic acid groups (broad SMARTS) is 1. The summed E-state index contributed by atoms with van der Waals surface area (Å²) >= 11 is 1.40. The number of nitrogens with zero attached hydrogens (tertiary/aromatic N) is 1. The number of hydrogen-bond acceptors (Lipinski definition) is 2. The van der Waals surface area contributed by atoms with Crippen LogP contribution in [0.3, 0.4) is 0 Å². The third-order valence-corrected chi connectivity index (χ3v) is 6.37. The fraction of sp³-hybridized carbons (Fsp3) is 0.741. The predicted molar refractivity (Wildman–Crippen MR) is 138 cm³/mol. The molecule has 0 amide bonds. The molecule has 3 nitrogen and oxygen atoms in total. The number of hydrogen-bond donors (Lipinski definition) is 0. The largest absolute Gasteiger partial charge is 0.545 e. The maximum atomic E-state index is 10.1. The van der Waals surface area contributed by atoms with E-state index < -0.39 is 5.97 Å². The molecule has 0 saturated heterocycles. The molecule has 0 fully saturated rings. The zero-order valence-corrected chi connectivity index (χ0v) is 23.8. The van der Waals surface area contributed by atoms with Crippen molar-refractivity contribution in [2.75, 3.05) is 26.2 Å². The molecule has 1 rings (SSSR count). The fourth-order valence-electron chi connectivity index (χ4n) is 3.57. The van der Waals surface area contributed by atoms with E-state index in [9.17, 15) is 9.90 Å². The predicted octanol–water partition coefficient (Wildman–Crippen LogP) is 5.89. The summed E-state index contributed by atoms with van der Waals surface area (Å²) in [4.78, 5) is 10.1. The van der Waals surface area contributed by atoms with E-state index in [1.54, 1.807) is 18.2 Å². The molecule has 0 aliphatic rings. The van der Waals surface area contributed by atoms with Gasteiger partial charge >= 0.3 is 0 Å². The van der Waals surface area contributed by atoms with Crippen molar-refractivity contribution in [3.8, 4) is 0 Å². The Morgan fingerprint density at radius 2 is 1.06 bits per heavy atom. The molecule has 0 saturated carbocycles. The third kappa shape index (κ3) is 19.6. The molecule has 0 bridgehead atoms. The number of benzene rings is 1. The second kappa shape index (κ2) is 23.8. The van der Waals surface area contributed by atoms with Crippen molar-refractivity contribution in [1.29, 1.82) is 0 Å². The number of carboxylic acids is 1. The standard InChI is InChI=1S/C16H36N.C7H6O2.C4H9.Al.2H/c1-5-9-13-17(14-10-6-2,15-11-7-3)16-12-8-4;8-7(9)6-4-2-1-3-5-6;1-3-4-2;;;/h5-16H2,1-4H3;1-5H,(H,8,9);1,3-4H2,2H3;;;/q+1;;;;;/p-1. The Bertz CT molecular complexity index is 454. The average Bonchev–Trinajstić information content (AvgIpc) is 2.80. The van der Waals surface area contributed by atoms with Gasteiger partial charge in [-0.1, -0.05) is 103 Å². The van der Waals surface area contributed by atoms with Crippen LogP contribution in [0.5, 0.6) is 0 Å². The van der Waals surface area contributed by atoms with Crippen LogP contribution in [0.2, 0.25) is 5.28 Å². The van der Waals surface area contributed by atoms with Gasteiger partial charge < -0.3 is 14.4 Å². The third-order valence-electron chi connectivity index (χ3n) is 5.66. The number of carbonyl (C=O) groups excluding carboxylic acids is 1. The molecule has 4 heteroatoms. The van der Waals surface area contributed by atoms with Crippen LogP contribution >= 0.6 is 0 Å². The fourth-order valence-corrected chi connectivity index (χ4v) is 4.28. The van der Waals surface area contributed by atoms with Crippen molar-refractivity contribution in [3.05, 3.63) is 35.9 Å². The molecule has 0 radical (unpaired) electrons. The van der Waals surface area contributed by atoms with Gasteiger partial charge in [-0.2, -0.15) is 0 Å². The highest BCUT2D eigenvalue weighted by Gasteiger charge is 2.24. The van der Waals surface area contributed by atoms with E-state index in [-0.39, 0.29) is 5.56 Å². The number of quaternary nitrogens is 1. The molecule has 0 heterocycles. The first-order chi connectivity index (χ1) is 15.0. The lowest BCUT2D eigenvalue weighted by molar-refractivity contribution is -0.929. The van der Waals surface area contributed by atoms with E-state index in [1.807, 2.05) is 0 Å². The van der Waals surface area contributed by atoms with Crippen LogP contribution in [-0.4, -0.2) is 52.9 Å². The lowest BCUT2D eigenvalue weighted by atomic mass is 10.1. The Hall–Kier alpha value is -0.818. The summed E-state index contributed by atoms with van der Waals surface area (Å²) in [6, 6.07) is 8.06. The summed E-state index contributed by atoms with van der Waals surface area (Å²) in [5.74, 6) is -1.13. The second-order valence-electron chi connectivity index (χ2n) is 8.66. The first-order valence-electron chi connectivity index (χ1n) is 13.1. The SMILES string of the molecule is CCCC[N+](CCCC)(CCCC)CCCC.CCC[CH2][AlH2].O=C([O-])c1ccccc1. The molecule has 1 aromatic rings. The van der Waals surface area contributed by atoms with E-state index in [0.29, 0.717) is 0 Å². The minimum Gasteiger partial charge on any atom is -0.545 e. The summed E-state index contributed by atoms with van der Waals surface area (Å²) in [6.07, 6.45) is 13.9. The summed E-state index contributed by atoms with van der Waals surface area (Å²) in [7, 11) is 0. The van der Waals surface area contributed by atoms with Gasteiger partial charge in [0.25, 0.3) is 0 Å². The van der Waals surface area contributed by atoms with Crippen molar-refractivity contribution in [1.82, 2.24) is 0 Å². The Balaban J connectivity index is 0. The molecule has 0 N–H and O–H groups in total. The van der Waals surface area contributed by atoms with Gasteiger partial charge in [0.15, 0.2) is 0 Å². The molecule has 0 atom stereocenters. The van der Waals surface area contributed by atoms with Gasteiger partial charge in [-0.05, 0) is 31.2 Å². The van der Waals surface area contributed by atoms with Crippen LogP contribution in [0.4, 0.5) is 0 Å². The zero-order valence-electron chi connectivity index (χ0n) is 21.8. The van der Waals surface area contributed by atoms with Crippen molar-refractivity contribution in [2.45, 2.75) is 104 Å². The van der Waals surface area contributed by atoms with E-state index in [0.717, 1.165) is 0 Å². The van der Waals surface area contributed by atoms with Crippen LogP contribution in [0.1, 0.15) is 109 Å². The maximum Gasteiger partial charge on any atom is 0.211 e. The highest BCUT2D eigenvalue weighted by Crippen LogP contribution is 2.16. The molecule has 0 spiro atoms. The number of rotatable bonds is 15. The normalized spacial score (nSPS) is 10.5. The van der Waals surface area contributed by atoms with Crippen LogP contribution in [0, 0.1) is 0 Å². The highest BCUT2D eigenvalue weighted by molar-refractivity contribution is 6.08. The van der Waals surface area contributed by atoms with Crippen LogP contribution in [0.15, 0.2) is 30.3 Å². The van der Waals surface area contributed by atoms with Crippen LogP contribution in [0.25, 0.3) is 0 Å². The first kappa shape index (κ1) is 32.4. The van der Waals surface area contributed by atoms with Crippen molar-refractivity contribution < 1.29 is 14.4 Å². The highest BCUT2D eigenvalue weighted by atomic mass is 27.0. The maximum absolute atomic E-state index is 10.1. The van der Waals surface area contributed by atoms with E-state index in [2.05, 4.69) is 34.6 Å². The molecule has 0 aliphatic heterocycles. The molecular formula is C27H52AlNO2. The molecule has 0 aliphatic carbocycles. The molecule has 0 unspecified atom stereocenters. The van der Waals surface area contributed by atoms with E-state index in [4.69, 9.17) is 0 Å². The minimum absolute atomic E-state index is 0.220. The minimum atomic E-state index is -1.13. The topological polar surface area (TPSA) is 40.1 Å². The van der Waals surface area contributed by atoms with Crippen molar-refractivity contribution in [3.63, 3.8) is 0 Å². The Morgan fingerprint density at radius 1 is 0.710 bits per heavy atom. The summed E-state index contributed by atoms with van der Waals surface area (Å²) in [5.41, 5.74) is 0.220. The molecule has 180 valence electrons. The number of carbonyl (C=O) groups is 1. The van der Waals surface area contributed by atoms with Gasteiger partial charge in [0, 0.05) is 0 Å². The van der Waals surface area contributed by atoms with Gasteiger partial charge in [0.05, 0.1) is 32.1 Å². The van der Waals surface area contributed by atoms with Gasteiger partial charge in [0.1, 0.15) is 0 Å². The Morgan fingerprint density at radius 3 is 1.26 bits per heavy atom. The zero-order chi connectivity index (χ0) is 23.8. The van der Waals surface area contributed by atoms with Gasteiger partial charge in [-0.25, -0.2) is 0 Å². The monoisotopic (exact) mass is 449 g/mol. The van der Waals surface area contributed by atoms with Gasteiger partial charge in [-0.3, -0.25) is 0 Å². The Kier molecular flexibility index (Phi) is 24.9. The van der Waals surface area contributed by atoms with Gasteiger partial charge in [0.2, 0.25) is 16.3 Å². The van der Waals surface area contributed by atoms with Gasteiger partial charge in [-0.15, -0.1) is 5.28 Å². The molecule has 1 aromatic carbocycles. The lowest BCUT2D eigenvalue weighted by Crippen LogP contribution is -2.50. The average molecular weight is 450 g/mol. The Labute approximate surface area is 202 Å². The van der Waals surface area contributed by atoms with Crippen LogP contribution < -0.4 is 5.11 Å². The van der Waals surface area contributed by atoms with E-state index in [1.165, 1.54) is 129 Å². The summed E-state index contributed by atoms with van der Waals surface area (Å²) < 4.78 is 1.42. The summed E-state index contributed by atoms with van der Waals surface area (Å²) in [5, 5.41) is 11.6.